The highest BCUT2D eigenvalue weighted by Gasteiger charge is 2.27. The molecule has 0 bridgehead atoms. The Morgan fingerprint density at radius 2 is 1.86 bits per heavy atom. The van der Waals surface area contributed by atoms with E-state index in [-0.39, 0.29) is 17.8 Å². The van der Waals surface area contributed by atoms with Gasteiger partial charge in [-0.25, -0.2) is 0 Å². The first-order valence-corrected chi connectivity index (χ1v) is 12.1. The smallest absolute Gasteiger partial charge is 0.309 e. The maximum absolute atomic E-state index is 13.0. The number of likely N-dealkylation sites (tertiary alicyclic amines) is 1. The molecule has 35 heavy (non-hydrogen) atoms. The highest BCUT2D eigenvalue weighted by atomic mass is 16.5. The van der Waals surface area contributed by atoms with E-state index >= 15 is 0 Å². The van der Waals surface area contributed by atoms with Crippen molar-refractivity contribution in [2.45, 2.75) is 40.5 Å². The van der Waals surface area contributed by atoms with Crippen LogP contribution in [0.15, 0.2) is 47.1 Å². The van der Waals surface area contributed by atoms with Crippen molar-refractivity contribution in [2.75, 3.05) is 26.8 Å². The zero-order valence-corrected chi connectivity index (χ0v) is 21.1. The molecule has 0 saturated carbocycles. The SMILES string of the molecule is CCOC(=O)C1CCN(C(=O)/C=C(\C)c2cc3c(-c4ccc(C)cc4C)coc3cc2OC)CC1. The van der Waals surface area contributed by atoms with Gasteiger partial charge in [0.2, 0.25) is 5.91 Å². The van der Waals surface area contributed by atoms with E-state index in [2.05, 4.69) is 32.0 Å². The number of rotatable bonds is 6. The number of hydrogen-bond acceptors (Lipinski definition) is 5. The third-order valence-corrected chi connectivity index (χ3v) is 6.76. The zero-order valence-electron chi connectivity index (χ0n) is 21.1. The summed E-state index contributed by atoms with van der Waals surface area (Å²) in [5, 5.41) is 0.975. The number of furan rings is 1. The molecule has 0 aliphatic carbocycles. The summed E-state index contributed by atoms with van der Waals surface area (Å²) < 4.78 is 16.7. The first-order chi connectivity index (χ1) is 16.8. The van der Waals surface area contributed by atoms with Crippen molar-refractivity contribution in [3.05, 3.63) is 59.4 Å². The second kappa shape index (κ2) is 10.4. The van der Waals surface area contributed by atoms with E-state index in [1.54, 1.807) is 24.3 Å². The van der Waals surface area contributed by atoms with Gasteiger partial charge in [0.1, 0.15) is 11.3 Å². The lowest BCUT2D eigenvalue weighted by Crippen LogP contribution is -2.40. The molecule has 2 aromatic carbocycles. The fraction of sp³-hybridized carbons (Fsp3) is 0.379. The van der Waals surface area contributed by atoms with Gasteiger partial charge in [0.15, 0.2) is 0 Å². The van der Waals surface area contributed by atoms with Crippen molar-refractivity contribution in [3.8, 4) is 16.9 Å². The second-order valence-corrected chi connectivity index (χ2v) is 9.20. The highest BCUT2D eigenvalue weighted by molar-refractivity contribution is 6.00. The summed E-state index contributed by atoms with van der Waals surface area (Å²) in [6.07, 6.45) is 4.69. The molecule has 1 aliphatic rings. The molecule has 0 spiro atoms. The Bertz CT molecular complexity index is 1280. The number of ether oxygens (including phenoxy) is 2. The lowest BCUT2D eigenvalue weighted by molar-refractivity contribution is -0.150. The molecule has 0 radical (unpaired) electrons. The van der Waals surface area contributed by atoms with Crippen LogP contribution in [0.1, 0.15) is 43.4 Å². The Kier molecular flexibility index (Phi) is 7.29. The summed E-state index contributed by atoms with van der Waals surface area (Å²) in [6, 6.07) is 10.3. The number of amides is 1. The molecule has 0 unspecified atom stereocenters. The van der Waals surface area contributed by atoms with Gasteiger partial charge in [-0.3, -0.25) is 9.59 Å². The van der Waals surface area contributed by atoms with Crippen LogP contribution in [0.2, 0.25) is 0 Å². The number of esters is 1. The molecule has 184 valence electrons. The molecule has 1 saturated heterocycles. The molecule has 1 aliphatic heterocycles. The average Bonchev–Trinajstić information content (AvgIpc) is 3.26. The van der Waals surface area contributed by atoms with Crippen molar-refractivity contribution in [3.63, 3.8) is 0 Å². The van der Waals surface area contributed by atoms with Gasteiger partial charge in [-0.2, -0.15) is 0 Å². The number of hydrogen-bond donors (Lipinski definition) is 0. The number of allylic oxidation sites excluding steroid dienone is 1. The fourth-order valence-corrected chi connectivity index (χ4v) is 4.81. The van der Waals surface area contributed by atoms with Gasteiger partial charge in [0, 0.05) is 41.7 Å². The minimum absolute atomic E-state index is 0.0613. The highest BCUT2D eigenvalue weighted by Crippen LogP contribution is 2.38. The van der Waals surface area contributed by atoms with Gasteiger partial charge in [0.25, 0.3) is 0 Å². The molecule has 1 aromatic heterocycles. The zero-order chi connectivity index (χ0) is 25.1. The molecule has 6 nitrogen and oxygen atoms in total. The van der Waals surface area contributed by atoms with E-state index in [1.165, 1.54) is 11.1 Å². The maximum Gasteiger partial charge on any atom is 0.309 e. The molecule has 6 heteroatoms. The summed E-state index contributed by atoms with van der Waals surface area (Å²) in [6.45, 7) is 9.38. The molecule has 1 amide bonds. The minimum atomic E-state index is -0.163. The average molecular weight is 476 g/mol. The van der Waals surface area contributed by atoms with Crippen molar-refractivity contribution < 1.29 is 23.5 Å². The Hall–Kier alpha value is -3.54. The van der Waals surface area contributed by atoms with E-state index in [9.17, 15) is 9.59 Å². The third kappa shape index (κ3) is 5.11. The van der Waals surface area contributed by atoms with Gasteiger partial charge >= 0.3 is 5.97 Å². The summed E-state index contributed by atoms with van der Waals surface area (Å²) >= 11 is 0. The first-order valence-electron chi connectivity index (χ1n) is 12.1. The third-order valence-electron chi connectivity index (χ3n) is 6.76. The first kappa shape index (κ1) is 24.6. The monoisotopic (exact) mass is 475 g/mol. The standard InChI is InChI=1S/C29H33NO5/c1-6-34-29(32)21-9-11-30(12-10-21)28(31)14-20(4)23-15-24-25(17-35-27(24)16-26(23)33-5)22-8-7-18(2)13-19(22)3/h7-8,13-17,21H,6,9-12H2,1-5H3/b20-14+. The van der Waals surface area contributed by atoms with Crippen LogP contribution in [0.25, 0.3) is 27.7 Å². The molecule has 2 heterocycles. The topological polar surface area (TPSA) is 69.0 Å². The van der Waals surface area contributed by atoms with Crippen LogP contribution in [-0.4, -0.2) is 43.6 Å². The van der Waals surface area contributed by atoms with Crippen LogP contribution >= 0.6 is 0 Å². The molecule has 1 fully saturated rings. The molecular weight excluding hydrogens is 442 g/mol. The van der Waals surface area contributed by atoms with Crippen molar-refractivity contribution >= 4 is 28.4 Å². The van der Waals surface area contributed by atoms with E-state index in [4.69, 9.17) is 13.9 Å². The summed E-state index contributed by atoms with van der Waals surface area (Å²) in [4.78, 5) is 26.8. The molecular formula is C29H33NO5. The van der Waals surface area contributed by atoms with Gasteiger partial charge in [0.05, 0.1) is 25.9 Å². The van der Waals surface area contributed by atoms with E-state index in [0.29, 0.717) is 38.3 Å². The van der Waals surface area contributed by atoms with Crippen LogP contribution in [0.4, 0.5) is 0 Å². The number of piperidine rings is 1. The fourth-order valence-electron chi connectivity index (χ4n) is 4.81. The number of nitrogens with zero attached hydrogens (tertiary/aromatic N) is 1. The van der Waals surface area contributed by atoms with Gasteiger partial charge < -0.3 is 18.8 Å². The quantitative estimate of drug-likeness (QED) is 0.326. The number of carbonyl (C=O) groups is 2. The van der Waals surface area contributed by atoms with E-state index in [1.807, 2.05) is 26.0 Å². The summed E-state index contributed by atoms with van der Waals surface area (Å²) in [7, 11) is 1.62. The largest absolute Gasteiger partial charge is 0.496 e. The predicted octanol–water partition coefficient (Wildman–Crippen LogP) is 5.93. The van der Waals surface area contributed by atoms with Gasteiger partial charge in [-0.1, -0.05) is 23.8 Å². The van der Waals surface area contributed by atoms with Crippen LogP contribution < -0.4 is 4.74 Å². The number of fused-ring (bicyclic) bond motifs is 1. The number of carbonyl (C=O) groups excluding carboxylic acids is 2. The Labute approximate surface area is 206 Å². The molecule has 0 N–H and O–H groups in total. The summed E-state index contributed by atoms with van der Waals surface area (Å²) in [5.41, 5.74) is 6.93. The minimum Gasteiger partial charge on any atom is -0.496 e. The normalized spacial score (nSPS) is 14.9. The lowest BCUT2D eigenvalue weighted by Gasteiger charge is -2.30. The predicted molar refractivity (Wildman–Crippen MR) is 137 cm³/mol. The van der Waals surface area contributed by atoms with Crippen LogP contribution in [-0.2, 0) is 14.3 Å². The van der Waals surface area contributed by atoms with E-state index < -0.39 is 0 Å². The maximum atomic E-state index is 13.0. The number of aryl methyl sites for hydroxylation is 2. The molecule has 3 aromatic rings. The van der Waals surface area contributed by atoms with Gasteiger partial charge in [-0.05, 0) is 63.3 Å². The van der Waals surface area contributed by atoms with Crippen molar-refractivity contribution in [1.82, 2.24) is 4.90 Å². The Balaban J connectivity index is 1.61. The summed E-state index contributed by atoms with van der Waals surface area (Å²) in [5.74, 6) is 0.302. The van der Waals surface area contributed by atoms with Gasteiger partial charge in [-0.15, -0.1) is 0 Å². The molecule has 4 rings (SSSR count). The van der Waals surface area contributed by atoms with Crippen molar-refractivity contribution in [1.29, 1.82) is 0 Å². The van der Waals surface area contributed by atoms with Crippen LogP contribution in [0, 0.1) is 19.8 Å². The van der Waals surface area contributed by atoms with Crippen LogP contribution in [0.3, 0.4) is 0 Å². The lowest BCUT2D eigenvalue weighted by atomic mass is 9.95. The van der Waals surface area contributed by atoms with Crippen molar-refractivity contribution in [2.24, 2.45) is 5.92 Å². The number of methoxy groups -OCH3 is 1. The van der Waals surface area contributed by atoms with E-state index in [0.717, 1.165) is 33.2 Å². The molecule has 0 atom stereocenters. The Morgan fingerprint density at radius 3 is 2.51 bits per heavy atom. The number of benzene rings is 2. The van der Waals surface area contributed by atoms with Crippen LogP contribution in [0.5, 0.6) is 5.75 Å². The Morgan fingerprint density at radius 1 is 1.11 bits per heavy atom. The second-order valence-electron chi connectivity index (χ2n) is 9.20.